The number of amides is 1. The van der Waals surface area contributed by atoms with Crippen LogP contribution in [0.3, 0.4) is 0 Å². The van der Waals surface area contributed by atoms with Gasteiger partial charge in [-0.25, -0.2) is 0 Å². The van der Waals surface area contributed by atoms with Crippen molar-refractivity contribution in [2.45, 2.75) is 51.5 Å². The number of allylic oxidation sites excluding steroid dienone is 1. The van der Waals surface area contributed by atoms with Gasteiger partial charge in [0.15, 0.2) is 0 Å². The van der Waals surface area contributed by atoms with Crippen LogP contribution in [0.4, 0.5) is 0 Å². The molecule has 3 fully saturated rings. The van der Waals surface area contributed by atoms with Crippen LogP contribution in [0.5, 0.6) is 0 Å². The molecule has 2 heterocycles. The van der Waals surface area contributed by atoms with Crippen LogP contribution in [0.25, 0.3) is 0 Å². The van der Waals surface area contributed by atoms with Gasteiger partial charge in [-0.2, -0.15) is 0 Å². The number of carbonyl (C=O) groups is 1. The van der Waals surface area contributed by atoms with Gasteiger partial charge in [-0.3, -0.25) is 4.79 Å². The zero-order valence-electron chi connectivity index (χ0n) is 12.1. The van der Waals surface area contributed by atoms with Crippen molar-refractivity contribution in [3.05, 3.63) is 11.6 Å². The molecule has 19 heavy (non-hydrogen) atoms. The van der Waals surface area contributed by atoms with Crippen LogP contribution in [0.1, 0.15) is 45.4 Å². The van der Waals surface area contributed by atoms with Crippen molar-refractivity contribution in [2.75, 3.05) is 26.2 Å². The molecule has 0 aromatic heterocycles. The Morgan fingerprint density at radius 1 is 1.11 bits per heavy atom. The summed E-state index contributed by atoms with van der Waals surface area (Å²) in [6, 6.07) is 0.467. The molecule has 3 heteroatoms. The SMILES string of the molecule is C/C(=C/C(=O)N1CCC[C@@H]1CN1CCCC1)C1CC1. The minimum absolute atomic E-state index is 0.270. The molecular formula is C16H26N2O. The average Bonchev–Trinajstić information content (AvgIpc) is 2.93. The Hall–Kier alpha value is -0.830. The van der Waals surface area contributed by atoms with Crippen LogP contribution in [0.15, 0.2) is 11.6 Å². The first-order chi connectivity index (χ1) is 9.24. The first-order valence-electron chi connectivity index (χ1n) is 7.95. The zero-order valence-corrected chi connectivity index (χ0v) is 12.1. The zero-order chi connectivity index (χ0) is 13.2. The molecule has 1 saturated carbocycles. The molecule has 106 valence electrons. The van der Waals surface area contributed by atoms with Gasteiger partial charge >= 0.3 is 0 Å². The Bertz CT molecular complexity index is 367. The Morgan fingerprint density at radius 3 is 2.53 bits per heavy atom. The number of likely N-dealkylation sites (tertiary alicyclic amines) is 2. The van der Waals surface area contributed by atoms with Crippen LogP contribution in [0, 0.1) is 5.92 Å². The Kier molecular flexibility index (Phi) is 3.92. The second kappa shape index (κ2) is 5.66. The number of rotatable bonds is 4. The highest BCUT2D eigenvalue weighted by atomic mass is 16.2. The van der Waals surface area contributed by atoms with E-state index >= 15 is 0 Å². The van der Waals surface area contributed by atoms with Crippen molar-refractivity contribution >= 4 is 5.91 Å². The van der Waals surface area contributed by atoms with Crippen molar-refractivity contribution in [1.82, 2.24) is 9.80 Å². The predicted molar refractivity (Wildman–Crippen MR) is 76.9 cm³/mol. The summed E-state index contributed by atoms with van der Waals surface area (Å²) in [6.07, 6.45) is 9.53. The van der Waals surface area contributed by atoms with E-state index in [0.717, 1.165) is 13.1 Å². The lowest BCUT2D eigenvalue weighted by Crippen LogP contribution is -2.42. The van der Waals surface area contributed by atoms with Crippen molar-refractivity contribution < 1.29 is 4.79 Å². The van der Waals surface area contributed by atoms with Gasteiger partial charge in [0.05, 0.1) is 0 Å². The summed E-state index contributed by atoms with van der Waals surface area (Å²) >= 11 is 0. The van der Waals surface area contributed by atoms with E-state index in [-0.39, 0.29) is 5.91 Å². The highest BCUT2D eigenvalue weighted by Crippen LogP contribution is 2.36. The fourth-order valence-electron chi connectivity index (χ4n) is 3.51. The molecule has 3 aliphatic rings. The minimum Gasteiger partial charge on any atom is -0.335 e. The lowest BCUT2D eigenvalue weighted by atomic mass is 10.1. The van der Waals surface area contributed by atoms with Gasteiger partial charge in [-0.15, -0.1) is 0 Å². The van der Waals surface area contributed by atoms with Crippen molar-refractivity contribution in [2.24, 2.45) is 5.92 Å². The maximum absolute atomic E-state index is 12.4. The minimum atomic E-state index is 0.270. The second-order valence-corrected chi connectivity index (χ2v) is 6.50. The van der Waals surface area contributed by atoms with E-state index in [0.29, 0.717) is 12.0 Å². The van der Waals surface area contributed by atoms with E-state index in [1.54, 1.807) is 0 Å². The van der Waals surface area contributed by atoms with Gasteiger partial charge in [0.1, 0.15) is 0 Å². The summed E-state index contributed by atoms with van der Waals surface area (Å²) in [6.45, 7) is 6.65. The molecule has 1 aliphatic carbocycles. The van der Waals surface area contributed by atoms with E-state index in [4.69, 9.17) is 0 Å². The topological polar surface area (TPSA) is 23.6 Å². The van der Waals surface area contributed by atoms with E-state index in [1.807, 2.05) is 6.08 Å². The monoisotopic (exact) mass is 262 g/mol. The molecule has 0 aromatic rings. The smallest absolute Gasteiger partial charge is 0.246 e. The largest absolute Gasteiger partial charge is 0.335 e. The second-order valence-electron chi connectivity index (χ2n) is 6.50. The van der Waals surface area contributed by atoms with Crippen LogP contribution in [-0.4, -0.2) is 47.9 Å². The summed E-state index contributed by atoms with van der Waals surface area (Å²) in [5.41, 5.74) is 1.30. The van der Waals surface area contributed by atoms with Crippen molar-refractivity contribution in [3.63, 3.8) is 0 Å². The predicted octanol–water partition coefficient (Wildman–Crippen LogP) is 2.43. The number of carbonyl (C=O) groups excluding carboxylic acids is 1. The molecule has 2 saturated heterocycles. The summed E-state index contributed by atoms with van der Waals surface area (Å²) < 4.78 is 0. The number of nitrogens with zero attached hydrogens (tertiary/aromatic N) is 2. The summed E-state index contributed by atoms with van der Waals surface area (Å²) in [5.74, 6) is 0.981. The first-order valence-corrected chi connectivity index (χ1v) is 7.95. The molecule has 0 N–H and O–H groups in total. The van der Waals surface area contributed by atoms with Gasteiger partial charge in [0.25, 0.3) is 0 Å². The fraction of sp³-hybridized carbons (Fsp3) is 0.812. The van der Waals surface area contributed by atoms with Crippen LogP contribution >= 0.6 is 0 Å². The van der Waals surface area contributed by atoms with Gasteiger partial charge in [0, 0.05) is 25.2 Å². The third-order valence-corrected chi connectivity index (χ3v) is 4.90. The van der Waals surface area contributed by atoms with Gasteiger partial charge in [-0.05, 0) is 64.5 Å². The molecule has 0 bridgehead atoms. The van der Waals surface area contributed by atoms with Crippen molar-refractivity contribution in [3.8, 4) is 0 Å². The first kappa shape index (κ1) is 13.2. The number of hydrogen-bond acceptors (Lipinski definition) is 2. The fourth-order valence-corrected chi connectivity index (χ4v) is 3.51. The normalized spacial score (nSPS) is 29.2. The van der Waals surface area contributed by atoms with E-state index in [2.05, 4.69) is 16.7 Å². The maximum Gasteiger partial charge on any atom is 0.246 e. The third kappa shape index (κ3) is 3.19. The Morgan fingerprint density at radius 2 is 1.84 bits per heavy atom. The lowest BCUT2D eigenvalue weighted by molar-refractivity contribution is -0.127. The summed E-state index contributed by atoms with van der Waals surface area (Å²) in [7, 11) is 0. The molecule has 0 aromatic carbocycles. The molecule has 2 aliphatic heterocycles. The van der Waals surface area contributed by atoms with Crippen LogP contribution in [-0.2, 0) is 4.79 Å². The van der Waals surface area contributed by atoms with Gasteiger partial charge < -0.3 is 9.80 Å². The van der Waals surface area contributed by atoms with E-state index < -0.39 is 0 Å². The van der Waals surface area contributed by atoms with Crippen LogP contribution < -0.4 is 0 Å². The molecule has 0 spiro atoms. The molecular weight excluding hydrogens is 236 g/mol. The quantitative estimate of drug-likeness (QED) is 0.727. The molecule has 1 amide bonds. The summed E-state index contributed by atoms with van der Waals surface area (Å²) in [4.78, 5) is 17.1. The van der Waals surface area contributed by atoms with E-state index in [1.165, 1.54) is 57.2 Å². The highest BCUT2D eigenvalue weighted by Gasteiger charge is 2.31. The molecule has 0 radical (unpaired) electrons. The maximum atomic E-state index is 12.4. The molecule has 3 rings (SSSR count). The summed E-state index contributed by atoms with van der Waals surface area (Å²) in [5, 5.41) is 0. The van der Waals surface area contributed by atoms with Crippen molar-refractivity contribution in [1.29, 1.82) is 0 Å². The van der Waals surface area contributed by atoms with Gasteiger partial charge in [0.2, 0.25) is 5.91 Å². The average molecular weight is 262 g/mol. The molecule has 3 nitrogen and oxygen atoms in total. The Balaban J connectivity index is 1.58. The molecule has 0 unspecified atom stereocenters. The lowest BCUT2D eigenvalue weighted by Gasteiger charge is -2.28. The highest BCUT2D eigenvalue weighted by molar-refractivity contribution is 5.88. The Labute approximate surface area is 116 Å². The number of hydrogen-bond donors (Lipinski definition) is 0. The third-order valence-electron chi connectivity index (χ3n) is 4.90. The van der Waals surface area contributed by atoms with Crippen LogP contribution in [0.2, 0.25) is 0 Å². The van der Waals surface area contributed by atoms with E-state index in [9.17, 15) is 4.79 Å². The van der Waals surface area contributed by atoms with Gasteiger partial charge in [-0.1, -0.05) is 5.57 Å². The standard InChI is InChI=1S/C16H26N2O/c1-13(14-6-7-14)11-16(19)18-10-4-5-15(18)12-17-8-2-3-9-17/h11,14-15H,2-10,12H2,1H3/b13-11-/t15-/m1/s1. The molecule has 1 atom stereocenters.